The first-order chi connectivity index (χ1) is 12.1. The van der Waals surface area contributed by atoms with E-state index in [1.165, 1.54) is 0 Å². The van der Waals surface area contributed by atoms with E-state index in [4.69, 9.17) is 19.2 Å². The largest absolute Gasteiger partial charge is 0.496 e. The van der Waals surface area contributed by atoms with Gasteiger partial charge in [0.05, 0.1) is 19.1 Å². The fourth-order valence-electron chi connectivity index (χ4n) is 2.43. The average molecular weight is 355 g/mol. The zero-order valence-corrected chi connectivity index (χ0v) is 15.6. The highest BCUT2D eigenvalue weighted by atomic mass is 32.1. The van der Waals surface area contributed by atoms with Crippen molar-refractivity contribution in [3.05, 3.63) is 58.6 Å². The van der Waals surface area contributed by atoms with Gasteiger partial charge in [-0.1, -0.05) is 12.1 Å². The van der Waals surface area contributed by atoms with E-state index < -0.39 is 0 Å². The van der Waals surface area contributed by atoms with Crippen molar-refractivity contribution in [1.29, 1.82) is 0 Å². The number of rotatable bonds is 5. The fourth-order valence-corrected chi connectivity index (χ4v) is 3.39. The molecule has 3 rings (SSSR count). The molecule has 2 heterocycles. The molecule has 0 radical (unpaired) electrons. The van der Waals surface area contributed by atoms with Gasteiger partial charge in [-0.2, -0.15) is 5.10 Å². The lowest BCUT2D eigenvalue weighted by molar-refractivity contribution is 0.416. The first-order valence-corrected chi connectivity index (χ1v) is 8.95. The van der Waals surface area contributed by atoms with E-state index in [0.29, 0.717) is 0 Å². The van der Waals surface area contributed by atoms with Crippen LogP contribution in [0.25, 0.3) is 11.3 Å². The number of hydrogen-bond acceptors (Lipinski definition) is 5. The molecule has 0 saturated heterocycles. The van der Waals surface area contributed by atoms with Gasteiger partial charge in [-0.15, -0.1) is 11.3 Å². The molecule has 3 aromatic rings. The molecule has 130 valence electrons. The first kappa shape index (κ1) is 17.2. The Labute approximate surface area is 150 Å². The van der Waals surface area contributed by atoms with Crippen LogP contribution in [0.3, 0.4) is 0 Å². The van der Waals surface area contributed by atoms with Gasteiger partial charge in [-0.05, 0) is 45.0 Å². The van der Waals surface area contributed by atoms with Crippen molar-refractivity contribution in [3.8, 4) is 17.0 Å². The Bertz CT molecular complexity index is 934. The Morgan fingerprint density at radius 3 is 2.68 bits per heavy atom. The van der Waals surface area contributed by atoms with Crippen LogP contribution in [0, 0.1) is 0 Å². The molecule has 6 heteroatoms. The van der Waals surface area contributed by atoms with Gasteiger partial charge in [0.25, 0.3) is 0 Å². The lowest BCUT2D eigenvalue weighted by atomic mass is 10.1. The summed E-state index contributed by atoms with van der Waals surface area (Å²) in [5, 5.41) is 6.82. The summed E-state index contributed by atoms with van der Waals surface area (Å²) in [5.41, 5.74) is 2.69. The van der Waals surface area contributed by atoms with Crippen molar-refractivity contribution in [2.45, 2.75) is 26.8 Å². The summed E-state index contributed by atoms with van der Waals surface area (Å²) < 4.78 is 12.8. The molecular formula is C19H21N3O2S. The number of hydrogen-bond donors (Lipinski definition) is 0. The van der Waals surface area contributed by atoms with E-state index in [0.717, 1.165) is 33.3 Å². The van der Waals surface area contributed by atoms with Gasteiger partial charge in [0, 0.05) is 17.0 Å². The van der Waals surface area contributed by atoms with Crippen molar-refractivity contribution in [1.82, 2.24) is 4.68 Å². The van der Waals surface area contributed by atoms with E-state index >= 15 is 0 Å². The summed E-state index contributed by atoms with van der Waals surface area (Å²) in [6.45, 7) is 6.03. The molecule has 1 aromatic carbocycles. The van der Waals surface area contributed by atoms with Crippen LogP contribution in [-0.2, 0) is 0 Å². The van der Waals surface area contributed by atoms with Crippen LogP contribution in [0.5, 0.6) is 5.75 Å². The maximum atomic E-state index is 5.52. The normalized spacial score (nSPS) is 12.8. The minimum Gasteiger partial charge on any atom is -0.496 e. The van der Waals surface area contributed by atoms with Gasteiger partial charge in [-0.25, -0.2) is 4.68 Å². The molecule has 0 spiro atoms. The molecular weight excluding hydrogens is 334 g/mol. The highest BCUT2D eigenvalue weighted by Gasteiger charge is 2.13. The molecule has 0 atom stereocenters. The van der Waals surface area contributed by atoms with Gasteiger partial charge in [0.2, 0.25) is 4.80 Å². The van der Waals surface area contributed by atoms with E-state index in [9.17, 15) is 0 Å². The molecule has 0 aliphatic carbocycles. The molecule has 25 heavy (non-hydrogen) atoms. The standard InChI is InChI=1S/C19H21N3O2S/c1-13(2)20-19-22(21-14(3)17-10-7-11-24-17)16(12-25-19)15-8-5-6-9-18(15)23-4/h5-13H,1-4H3. The number of thiazole rings is 1. The molecule has 0 aliphatic heterocycles. The van der Waals surface area contributed by atoms with Crippen LogP contribution in [0.1, 0.15) is 26.5 Å². The van der Waals surface area contributed by atoms with E-state index in [-0.39, 0.29) is 6.04 Å². The summed E-state index contributed by atoms with van der Waals surface area (Å²) in [6, 6.07) is 11.8. The molecule has 5 nitrogen and oxygen atoms in total. The van der Waals surface area contributed by atoms with Crippen LogP contribution in [0.2, 0.25) is 0 Å². The van der Waals surface area contributed by atoms with Crippen molar-refractivity contribution in [2.24, 2.45) is 10.1 Å². The predicted molar refractivity (Wildman–Crippen MR) is 101 cm³/mol. The van der Waals surface area contributed by atoms with Gasteiger partial charge in [-0.3, -0.25) is 4.99 Å². The second-order valence-electron chi connectivity index (χ2n) is 5.80. The fraction of sp³-hybridized carbons (Fsp3) is 0.263. The Balaban J connectivity index is 2.21. The Morgan fingerprint density at radius 1 is 1.20 bits per heavy atom. The number of furan rings is 1. The van der Waals surface area contributed by atoms with Crippen molar-refractivity contribution < 1.29 is 9.15 Å². The molecule has 0 amide bonds. The first-order valence-electron chi connectivity index (χ1n) is 8.07. The van der Waals surface area contributed by atoms with E-state index in [2.05, 4.69) is 19.2 Å². The number of benzene rings is 1. The average Bonchev–Trinajstić information content (AvgIpc) is 3.25. The highest BCUT2D eigenvalue weighted by molar-refractivity contribution is 7.07. The summed E-state index contributed by atoms with van der Waals surface area (Å²) in [6.07, 6.45) is 1.65. The van der Waals surface area contributed by atoms with Crippen molar-refractivity contribution in [3.63, 3.8) is 0 Å². The smallest absolute Gasteiger partial charge is 0.206 e. The second kappa shape index (κ2) is 7.53. The van der Waals surface area contributed by atoms with Crippen LogP contribution < -0.4 is 9.54 Å². The molecule has 0 bridgehead atoms. The van der Waals surface area contributed by atoms with Gasteiger partial charge < -0.3 is 9.15 Å². The van der Waals surface area contributed by atoms with Crippen LogP contribution in [0.15, 0.2) is 62.6 Å². The molecule has 2 aromatic heterocycles. The Morgan fingerprint density at radius 2 is 2.00 bits per heavy atom. The zero-order chi connectivity index (χ0) is 17.8. The van der Waals surface area contributed by atoms with Crippen molar-refractivity contribution in [2.75, 3.05) is 7.11 Å². The molecule has 0 unspecified atom stereocenters. The minimum absolute atomic E-state index is 0.175. The lowest BCUT2D eigenvalue weighted by Crippen LogP contribution is -2.16. The zero-order valence-electron chi connectivity index (χ0n) is 14.8. The summed E-state index contributed by atoms with van der Waals surface area (Å²) in [7, 11) is 1.67. The Kier molecular flexibility index (Phi) is 5.19. The second-order valence-corrected chi connectivity index (χ2v) is 6.64. The number of methoxy groups -OCH3 is 1. The Hall–Kier alpha value is -2.60. The molecule has 0 fully saturated rings. The third-order valence-electron chi connectivity index (χ3n) is 3.56. The molecule has 0 aliphatic rings. The maximum Gasteiger partial charge on any atom is 0.206 e. The van der Waals surface area contributed by atoms with Crippen LogP contribution in [-0.4, -0.2) is 23.5 Å². The maximum absolute atomic E-state index is 5.52. The topological polar surface area (TPSA) is 52.0 Å². The third-order valence-corrected chi connectivity index (χ3v) is 4.39. The minimum atomic E-state index is 0.175. The van der Waals surface area contributed by atoms with Crippen molar-refractivity contribution >= 4 is 17.0 Å². The summed E-state index contributed by atoms with van der Waals surface area (Å²) in [4.78, 5) is 5.53. The highest BCUT2D eigenvalue weighted by Crippen LogP contribution is 2.30. The SMILES string of the molecule is COc1ccccc1-c1csc(=NC(C)C)n1N=C(C)c1ccco1. The van der Waals surface area contributed by atoms with Gasteiger partial charge in [0.1, 0.15) is 17.2 Å². The monoisotopic (exact) mass is 355 g/mol. The number of ether oxygens (including phenoxy) is 1. The summed E-state index contributed by atoms with van der Waals surface area (Å²) in [5.74, 6) is 1.54. The third kappa shape index (κ3) is 3.74. The van der Waals surface area contributed by atoms with Crippen LogP contribution in [0.4, 0.5) is 0 Å². The predicted octanol–water partition coefficient (Wildman–Crippen LogP) is 4.40. The summed E-state index contributed by atoms with van der Waals surface area (Å²) >= 11 is 1.56. The molecule has 0 saturated carbocycles. The van der Waals surface area contributed by atoms with Crippen LogP contribution >= 0.6 is 11.3 Å². The van der Waals surface area contributed by atoms with Gasteiger partial charge in [0.15, 0.2) is 0 Å². The van der Waals surface area contributed by atoms with E-state index in [1.54, 1.807) is 24.7 Å². The quantitative estimate of drug-likeness (QED) is 0.637. The number of para-hydroxylation sites is 1. The lowest BCUT2D eigenvalue weighted by Gasteiger charge is -2.09. The number of nitrogens with zero attached hydrogens (tertiary/aromatic N) is 3. The van der Waals surface area contributed by atoms with E-state index in [1.807, 2.05) is 48.0 Å². The van der Waals surface area contributed by atoms with Gasteiger partial charge >= 0.3 is 0 Å². The number of aromatic nitrogens is 1. The molecule has 0 N–H and O–H groups in total.